The lowest BCUT2D eigenvalue weighted by atomic mass is 9.94. The number of nitrogens with zero attached hydrogens (tertiary/aromatic N) is 1. The van der Waals surface area contributed by atoms with Crippen LogP contribution in [0.5, 0.6) is 0 Å². The molecule has 1 heterocycles. The summed E-state index contributed by atoms with van der Waals surface area (Å²) in [4.78, 5) is 2.46. The van der Waals surface area contributed by atoms with E-state index in [4.69, 9.17) is 4.42 Å². The van der Waals surface area contributed by atoms with Gasteiger partial charge in [-0.1, -0.05) is 19.3 Å². The standard InChI is InChI=1S/C15H26N2O/c1-12-9-14(18-15(12)10-16-2)11-17(3)13-7-5-4-6-8-13/h9,13,16H,4-8,10-11H2,1-3H3. The molecule has 0 aromatic carbocycles. The first-order valence-corrected chi connectivity index (χ1v) is 7.13. The molecule has 1 aliphatic rings. The molecule has 102 valence electrons. The first kappa shape index (κ1) is 13.6. The summed E-state index contributed by atoms with van der Waals surface area (Å²) in [6.45, 7) is 3.88. The molecule has 1 saturated carbocycles. The van der Waals surface area contributed by atoms with Gasteiger partial charge >= 0.3 is 0 Å². The highest BCUT2D eigenvalue weighted by molar-refractivity contribution is 5.20. The molecule has 1 aromatic heterocycles. The van der Waals surface area contributed by atoms with E-state index in [1.165, 1.54) is 37.7 Å². The zero-order valence-corrected chi connectivity index (χ0v) is 12.0. The Morgan fingerprint density at radius 2 is 2.06 bits per heavy atom. The average Bonchev–Trinajstić information content (AvgIpc) is 2.71. The van der Waals surface area contributed by atoms with Gasteiger partial charge in [-0.2, -0.15) is 0 Å². The lowest BCUT2D eigenvalue weighted by molar-refractivity contribution is 0.172. The van der Waals surface area contributed by atoms with E-state index in [1.54, 1.807) is 0 Å². The summed E-state index contributed by atoms with van der Waals surface area (Å²) in [5.41, 5.74) is 1.26. The van der Waals surface area contributed by atoms with E-state index in [2.05, 4.69) is 30.3 Å². The minimum atomic E-state index is 0.747. The van der Waals surface area contributed by atoms with E-state index < -0.39 is 0 Å². The maximum Gasteiger partial charge on any atom is 0.120 e. The molecule has 0 unspecified atom stereocenters. The van der Waals surface area contributed by atoms with Gasteiger partial charge in [0.05, 0.1) is 13.1 Å². The van der Waals surface area contributed by atoms with Crippen molar-refractivity contribution in [3.05, 3.63) is 23.2 Å². The fraction of sp³-hybridized carbons (Fsp3) is 0.733. The van der Waals surface area contributed by atoms with E-state index in [0.717, 1.165) is 30.7 Å². The fourth-order valence-electron chi connectivity index (χ4n) is 2.90. The van der Waals surface area contributed by atoms with E-state index in [0.29, 0.717) is 0 Å². The van der Waals surface area contributed by atoms with Crippen molar-refractivity contribution in [3.8, 4) is 0 Å². The van der Waals surface area contributed by atoms with Crippen LogP contribution in [0.4, 0.5) is 0 Å². The van der Waals surface area contributed by atoms with Crippen molar-refractivity contribution in [2.45, 2.75) is 58.2 Å². The number of hydrogen-bond donors (Lipinski definition) is 1. The second kappa shape index (κ2) is 6.39. The van der Waals surface area contributed by atoms with Crippen LogP contribution in [0.15, 0.2) is 10.5 Å². The summed E-state index contributed by atoms with van der Waals surface area (Å²) in [6, 6.07) is 2.93. The van der Waals surface area contributed by atoms with Crippen molar-refractivity contribution >= 4 is 0 Å². The molecule has 3 heteroatoms. The lowest BCUT2D eigenvalue weighted by Gasteiger charge is -2.30. The number of nitrogens with one attached hydrogen (secondary N) is 1. The quantitative estimate of drug-likeness (QED) is 0.870. The molecule has 0 bridgehead atoms. The molecule has 0 spiro atoms. The minimum Gasteiger partial charge on any atom is -0.463 e. The van der Waals surface area contributed by atoms with Crippen LogP contribution in [0.1, 0.15) is 49.2 Å². The molecule has 3 nitrogen and oxygen atoms in total. The average molecular weight is 250 g/mol. The highest BCUT2D eigenvalue weighted by Gasteiger charge is 2.19. The molecular weight excluding hydrogens is 224 g/mol. The molecule has 0 atom stereocenters. The summed E-state index contributed by atoms with van der Waals surface area (Å²) in [6.07, 6.45) is 6.88. The van der Waals surface area contributed by atoms with Crippen molar-refractivity contribution in [1.29, 1.82) is 0 Å². The van der Waals surface area contributed by atoms with Crippen molar-refractivity contribution in [3.63, 3.8) is 0 Å². The Bertz CT molecular complexity index is 367. The Hall–Kier alpha value is -0.800. The van der Waals surface area contributed by atoms with Gasteiger partial charge in [0.25, 0.3) is 0 Å². The summed E-state index contributed by atoms with van der Waals surface area (Å²) < 4.78 is 5.91. The predicted molar refractivity (Wildman–Crippen MR) is 74.5 cm³/mol. The first-order chi connectivity index (χ1) is 8.70. The van der Waals surface area contributed by atoms with Gasteiger partial charge in [-0.15, -0.1) is 0 Å². The molecule has 0 saturated heterocycles. The smallest absolute Gasteiger partial charge is 0.120 e. The minimum absolute atomic E-state index is 0.747. The van der Waals surface area contributed by atoms with Gasteiger partial charge in [0.15, 0.2) is 0 Å². The molecule has 1 N–H and O–H groups in total. The van der Waals surface area contributed by atoms with Gasteiger partial charge in [-0.25, -0.2) is 0 Å². The molecule has 18 heavy (non-hydrogen) atoms. The molecule has 2 rings (SSSR count). The highest BCUT2D eigenvalue weighted by Crippen LogP contribution is 2.24. The summed E-state index contributed by atoms with van der Waals surface area (Å²) in [7, 11) is 4.18. The molecule has 1 aliphatic carbocycles. The zero-order valence-electron chi connectivity index (χ0n) is 12.0. The maximum absolute atomic E-state index is 5.91. The van der Waals surface area contributed by atoms with E-state index in [1.807, 2.05) is 7.05 Å². The highest BCUT2D eigenvalue weighted by atomic mass is 16.3. The molecular formula is C15H26N2O. The fourth-order valence-corrected chi connectivity index (χ4v) is 2.90. The van der Waals surface area contributed by atoms with Crippen LogP contribution >= 0.6 is 0 Å². The first-order valence-electron chi connectivity index (χ1n) is 7.13. The van der Waals surface area contributed by atoms with Crippen LogP contribution < -0.4 is 5.32 Å². The van der Waals surface area contributed by atoms with Crippen LogP contribution in [0.3, 0.4) is 0 Å². The number of rotatable bonds is 5. The van der Waals surface area contributed by atoms with E-state index in [9.17, 15) is 0 Å². The molecule has 1 fully saturated rings. The Morgan fingerprint density at radius 3 is 2.72 bits per heavy atom. The van der Waals surface area contributed by atoms with Crippen molar-refractivity contribution < 1.29 is 4.42 Å². The van der Waals surface area contributed by atoms with Crippen LogP contribution in [-0.4, -0.2) is 25.0 Å². The van der Waals surface area contributed by atoms with Gasteiger partial charge < -0.3 is 9.73 Å². The molecule has 0 radical (unpaired) electrons. The summed E-state index contributed by atoms with van der Waals surface area (Å²) in [5.74, 6) is 2.18. The van der Waals surface area contributed by atoms with Gasteiger partial charge in [-0.05, 0) is 45.5 Å². The van der Waals surface area contributed by atoms with Crippen LogP contribution in [0.2, 0.25) is 0 Å². The molecule has 1 aromatic rings. The van der Waals surface area contributed by atoms with Crippen molar-refractivity contribution in [1.82, 2.24) is 10.2 Å². The van der Waals surface area contributed by atoms with Crippen LogP contribution in [0.25, 0.3) is 0 Å². The zero-order chi connectivity index (χ0) is 13.0. The molecule has 0 aliphatic heterocycles. The lowest BCUT2D eigenvalue weighted by Crippen LogP contribution is -2.32. The topological polar surface area (TPSA) is 28.4 Å². The number of aryl methyl sites for hydroxylation is 1. The number of furan rings is 1. The van der Waals surface area contributed by atoms with Crippen molar-refractivity contribution in [2.24, 2.45) is 0 Å². The Morgan fingerprint density at radius 1 is 1.33 bits per heavy atom. The SMILES string of the molecule is CNCc1oc(CN(C)C2CCCCC2)cc1C. The second-order valence-electron chi connectivity index (χ2n) is 5.56. The van der Waals surface area contributed by atoms with Crippen LogP contribution in [-0.2, 0) is 13.1 Å². The summed E-state index contributed by atoms with van der Waals surface area (Å²) in [5, 5.41) is 3.15. The van der Waals surface area contributed by atoms with Gasteiger partial charge in [0.1, 0.15) is 11.5 Å². The molecule has 0 amide bonds. The Kier molecular flexibility index (Phi) is 4.84. The van der Waals surface area contributed by atoms with Gasteiger partial charge in [-0.3, -0.25) is 4.90 Å². The number of hydrogen-bond acceptors (Lipinski definition) is 3. The van der Waals surface area contributed by atoms with E-state index >= 15 is 0 Å². The Labute approximate surface area is 111 Å². The van der Waals surface area contributed by atoms with E-state index in [-0.39, 0.29) is 0 Å². The predicted octanol–water partition coefficient (Wildman–Crippen LogP) is 3.07. The van der Waals surface area contributed by atoms with Gasteiger partial charge in [0, 0.05) is 6.04 Å². The maximum atomic E-state index is 5.91. The third-order valence-electron chi connectivity index (χ3n) is 4.01. The Balaban J connectivity index is 1.93. The normalized spacial score (nSPS) is 17.6. The van der Waals surface area contributed by atoms with Crippen molar-refractivity contribution in [2.75, 3.05) is 14.1 Å². The largest absolute Gasteiger partial charge is 0.463 e. The second-order valence-corrected chi connectivity index (χ2v) is 5.56. The third kappa shape index (κ3) is 3.36. The monoisotopic (exact) mass is 250 g/mol. The van der Waals surface area contributed by atoms with Gasteiger partial charge in [0.2, 0.25) is 0 Å². The summed E-state index contributed by atoms with van der Waals surface area (Å²) >= 11 is 0. The van der Waals surface area contributed by atoms with Crippen LogP contribution in [0, 0.1) is 6.92 Å². The third-order valence-corrected chi connectivity index (χ3v) is 4.01.